The molecule has 0 aliphatic heterocycles. The van der Waals surface area contributed by atoms with Crippen LogP contribution in [-0.4, -0.2) is 20.1 Å². The van der Waals surface area contributed by atoms with Crippen molar-refractivity contribution in [1.82, 2.24) is 0 Å². The van der Waals surface area contributed by atoms with Gasteiger partial charge in [0.25, 0.3) is 0 Å². The molecule has 0 aliphatic rings. The summed E-state index contributed by atoms with van der Waals surface area (Å²) >= 11 is 0. The van der Waals surface area contributed by atoms with Gasteiger partial charge in [-0.15, -0.1) is 0 Å². The van der Waals surface area contributed by atoms with Crippen molar-refractivity contribution in [3.8, 4) is 5.75 Å². The fourth-order valence-electron chi connectivity index (χ4n) is 2.43. The number of hydrogen-bond acceptors (Lipinski definition) is 4. The molecule has 0 radical (unpaired) electrons. The van der Waals surface area contributed by atoms with Crippen molar-refractivity contribution in [2.75, 3.05) is 30.5 Å². The summed E-state index contributed by atoms with van der Waals surface area (Å²) in [6.07, 6.45) is 4.12. The summed E-state index contributed by atoms with van der Waals surface area (Å²) in [6, 6.07) is 23.4. The van der Waals surface area contributed by atoms with Crippen LogP contribution in [0.5, 0.6) is 5.75 Å². The Balaban J connectivity index is 0.000000234. The van der Waals surface area contributed by atoms with Crippen LogP contribution in [0, 0.1) is 6.92 Å². The molecule has 5 nitrogen and oxygen atoms in total. The van der Waals surface area contributed by atoms with E-state index in [4.69, 9.17) is 10.5 Å². The third-order valence-corrected chi connectivity index (χ3v) is 4.09. The Morgan fingerprint density at radius 2 is 1.58 bits per heavy atom. The van der Waals surface area contributed by atoms with Crippen LogP contribution in [0.25, 0.3) is 6.08 Å². The number of benzene rings is 3. The first-order chi connectivity index (χ1) is 14.9. The highest BCUT2D eigenvalue weighted by Gasteiger charge is 1.97. The Kier molecular flexibility index (Phi) is 11.7. The van der Waals surface area contributed by atoms with E-state index in [1.807, 2.05) is 56.4 Å². The van der Waals surface area contributed by atoms with E-state index < -0.39 is 0 Å². The first-order valence-corrected chi connectivity index (χ1v) is 10.0. The highest BCUT2D eigenvalue weighted by Crippen LogP contribution is 2.16. The predicted molar refractivity (Wildman–Crippen MR) is 134 cm³/mol. The number of ether oxygens (including phenoxy) is 1. The SMILES string of the molecule is C/C=C/c1ccc(NC)cc1.CC(=O)Nc1ccccc1N.COc1ccc(C)cc1. The molecule has 1 amide bonds. The minimum Gasteiger partial charge on any atom is -0.497 e. The number of carbonyl (C=O) groups is 1. The number of nitrogens with one attached hydrogen (secondary N) is 2. The zero-order chi connectivity index (χ0) is 23.1. The molecule has 0 saturated heterocycles. The molecular formula is C26H33N3O2. The average molecular weight is 420 g/mol. The molecule has 31 heavy (non-hydrogen) atoms. The summed E-state index contributed by atoms with van der Waals surface area (Å²) in [6.45, 7) is 5.53. The van der Waals surface area contributed by atoms with Crippen LogP contribution < -0.4 is 21.1 Å². The van der Waals surface area contributed by atoms with Crippen molar-refractivity contribution >= 4 is 29.0 Å². The maximum atomic E-state index is 10.6. The maximum Gasteiger partial charge on any atom is 0.221 e. The molecule has 3 aromatic carbocycles. The van der Waals surface area contributed by atoms with Gasteiger partial charge in [-0.25, -0.2) is 0 Å². The Morgan fingerprint density at radius 1 is 0.968 bits per heavy atom. The highest BCUT2D eigenvalue weighted by atomic mass is 16.5. The van der Waals surface area contributed by atoms with Gasteiger partial charge in [0.15, 0.2) is 0 Å². The number of para-hydroxylation sites is 2. The Hall–Kier alpha value is -3.73. The molecule has 0 fully saturated rings. The quantitative estimate of drug-likeness (QED) is 0.454. The van der Waals surface area contributed by atoms with Crippen LogP contribution in [0.1, 0.15) is 25.0 Å². The molecule has 0 atom stereocenters. The van der Waals surface area contributed by atoms with Gasteiger partial charge >= 0.3 is 0 Å². The van der Waals surface area contributed by atoms with E-state index in [1.54, 1.807) is 19.2 Å². The minimum atomic E-state index is -0.108. The Labute approximate surface area is 186 Å². The molecule has 0 bridgehead atoms. The second-order valence-corrected chi connectivity index (χ2v) is 6.66. The minimum absolute atomic E-state index is 0.108. The molecule has 0 aliphatic carbocycles. The largest absolute Gasteiger partial charge is 0.497 e. The van der Waals surface area contributed by atoms with Gasteiger partial charge in [-0.05, 0) is 55.8 Å². The second-order valence-electron chi connectivity index (χ2n) is 6.66. The van der Waals surface area contributed by atoms with Gasteiger partial charge < -0.3 is 21.1 Å². The highest BCUT2D eigenvalue weighted by molar-refractivity contribution is 5.91. The summed E-state index contributed by atoms with van der Waals surface area (Å²) in [5, 5.41) is 5.68. The number of methoxy groups -OCH3 is 1. The van der Waals surface area contributed by atoms with Crippen LogP contribution >= 0.6 is 0 Å². The molecule has 0 heterocycles. The van der Waals surface area contributed by atoms with Crippen molar-refractivity contribution in [2.24, 2.45) is 0 Å². The molecular weight excluding hydrogens is 386 g/mol. The molecule has 0 saturated carbocycles. The van der Waals surface area contributed by atoms with Gasteiger partial charge in [0.05, 0.1) is 18.5 Å². The number of anilines is 3. The fourth-order valence-corrected chi connectivity index (χ4v) is 2.43. The van der Waals surface area contributed by atoms with Crippen LogP contribution in [0.4, 0.5) is 17.1 Å². The number of rotatable bonds is 4. The number of carbonyl (C=O) groups excluding carboxylic acids is 1. The molecule has 0 spiro atoms. The number of allylic oxidation sites excluding steroid dienone is 1. The first kappa shape index (κ1) is 25.3. The van der Waals surface area contributed by atoms with Gasteiger partial charge in [0.1, 0.15) is 5.75 Å². The van der Waals surface area contributed by atoms with Crippen molar-refractivity contribution in [3.63, 3.8) is 0 Å². The standard InChI is InChI=1S/C10H13N.C8H10N2O.C8H10O/c1-3-4-9-5-7-10(11-2)8-6-9;1-6(11)10-8-5-3-2-4-7(8)9;1-7-3-5-8(9-2)6-4-7/h3-8,11H,1-2H3;2-5H,9H2,1H3,(H,10,11);3-6H,1-2H3/b4-3+;;. The molecule has 3 aromatic rings. The molecule has 0 unspecified atom stereocenters. The maximum absolute atomic E-state index is 10.6. The van der Waals surface area contributed by atoms with E-state index in [0.717, 1.165) is 11.4 Å². The number of nitrogens with two attached hydrogens (primary N) is 1. The summed E-state index contributed by atoms with van der Waals surface area (Å²) in [5.74, 6) is 0.809. The predicted octanol–water partition coefficient (Wildman–Crippen LogP) is 5.99. The molecule has 0 aromatic heterocycles. The topological polar surface area (TPSA) is 76.4 Å². The van der Waals surface area contributed by atoms with Gasteiger partial charge in [-0.3, -0.25) is 4.79 Å². The summed E-state index contributed by atoms with van der Waals surface area (Å²) in [4.78, 5) is 10.6. The summed E-state index contributed by atoms with van der Waals surface area (Å²) in [7, 11) is 3.59. The van der Waals surface area contributed by atoms with E-state index in [0.29, 0.717) is 11.4 Å². The van der Waals surface area contributed by atoms with Gasteiger partial charge in [0, 0.05) is 19.7 Å². The van der Waals surface area contributed by atoms with E-state index in [1.165, 1.54) is 18.1 Å². The third kappa shape index (κ3) is 10.6. The lowest BCUT2D eigenvalue weighted by atomic mass is 10.2. The fraction of sp³-hybridized carbons (Fsp3) is 0.192. The normalized spacial score (nSPS) is 9.58. The lowest BCUT2D eigenvalue weighted by Gasteiger charge is -2.03. The molecule has 3 rings (SSSR count). The molecule has 164 valence electrons. The molecule has 5 heteroatoms. The van der Waals surface area contributed by atoms with Crippen LogP contribution in [-0.2, 0) is 4.79 Å². The molecule has 4 N–H and O–H groups in total. The van der Waals surface area contributed by atoms with Gasteiger partial charge in [0.2, 0.25) is 5.91 Å². The van der Waals surface area contributed by atoms with E-state index in [2.05, 4.69) is 47.9 Å². The Morgan fingerprint density at radius 3 is 2.06 bits per heavy atom. The smallest absolute Gasteiger partial charge is 0.221 e. The lowest BCUT2D eigenvalue weighted by molar-refractivity contribution is -0.114. The zero-order valence-electron chi connectivity index (χ0n) is 19.0. The summed E-state index contributed by atoms with van der Waals surface area (Å²) < 4.78 is 4.97. The average Bonchev–Trinajstić information content (AvgIpc) is 2.77. The van der Waals surface area contributed by atoms with E-state index in [-0.39, 0.29) is 5.91 Å². The third-order valence-electron chi connectivity index (χ3n) is 4.09. The number of amides is 1. The number of hydrogen-bond donors (Lipinski definition) is 3. The lowest BCUT2D eigenvalue weighted by Crippen LogP contribution is -2.07. The number of aryl methyl sites for hydroxylation is 1. The van der Waals surface area contributed by atoms with Crippen molar-refractivity contribution in [3.05, 3.63) is 90.0 Å². The first-order valence-electron chi connectivity index (χ1n) is 10.0. The van der Waals surface area contributed by atoms with Crippen LogP contribution in [0.3, 0.4) is 0 Å². The van der Waals surface area contributed by atoms with E-state index >= 15 is 0 Å². The van der Waals surface area contributed by atoms with E-state index in [9.17, 15) is 4.79 Å². The summed E-state index contributed by atoms with van der Waals surface area (Å²) in [5.41, 5.74) is 10.5. The van der Waals surface area contributed by atoms with Gasteiger partial charge in [-0.1, -0.05) is 54.1 Å². The van der Waals surface area contributed by atoms with Crippen molar-refractivity contribution < 1.29 is 9.53 Å². The monoisotopic (exact) mass is 419 g/mol. The second kappa shape index (κ2) is 14.3. The van der Waals surface area contributed by atoms with Gasteiger partial charge in [-0.2, -0.15) is 0 Å². The van der Waals surface area contributed by atoms with Crippen molar-refractivity contribution in [2.45, 2.75) is 20.8 Å². The Bertz CT molecular complexity index is 934. The zero-order valence-corrected chi connectivity index (χ0v) is 19.0. The van der Waals surface area contributed by atoms with Crippen molar-refractivity contribution in [1.29, 1.82) is 0 Å². The van der Waals surface area contributed by atoms with Crippen LogP contribution in [0.2, 0.25) is 0 Å². The number of nitrogen functional groups attached to an aromatic ring is 1. The van der Waals surface area contributed by atoms with Crippen LogP contribution in [0.15, 0.2) is 78.9 Å².